The zero-order valence-electron chi connectivity index (χ0n) is 6.29. The zero-order chi connectivity index (χ0) is 8.59. The Kier molecular flexibility index (Phi) is 1.76. The largest absolute Gasteiger partial charge is 0.454 e. The number of carbonyl (C=O) groups excluding carboxylic acids is 3. The highest BCUT2D eigenvalue weighted by Gasteiger charge is 2.43. The normalized spacial score (nSPS) is 30.4. The Morgan fingerprint density at radius 3 is 2.18 bits per heavy atom. The fourth-order valence-electron chi connectivity index (χ4n) is 1.02. The van der Waals surface area contributed by atoms with Gasteiger partial charge in [0.25, 0.3) is 0 Å². The van der Waals surface area contributed by atoms with Crippen molar-refractivity contribution in [3.05, 3.63) is 0 Å². The molecular weight excluding hydrogens is 148 g/mol. The summed E-state index contributed by atoms with van der Waals surface area (Å²) in [5.41, 5.74) is 0. The summed E-state index contributed by atoms with van der Waals surface area (Å²) in [5.74, 6) is -2.74. The van der Waals surface area contributed by atoms with Gasteiger partial charge in [-0.2, -0.15) is 0 Å². The van der Waals surface area contributed by atoms with Gasteiger partial charge in [0.15, 0.2) is 23.6 Å². The van der Waals surface area contributed by atoms with Gasteiger partial charge >= 0.3 is 5.97 Å². The fourth-order valence-corrected chi connectivity index (χ4v) is 1.02. The molecule has 0 amide bonds. The van der Waals surface area contributed by atoms with Crippen molar-refractivity contribution >= 4 is 17.5 Å². The highest BCUT2D eigenvalue weighted by Crippen LogP contribution is 2.17. The van der Waals surface area contributed by atoms with Crippen LogP contribution in [0.25, 0.3) is 0 Å². The van der Waals surface area contributed by atoms with E-state index in [1.54, 1.807) is 0 Å². The van der Waals surface area contributed by atoms with Gasteiger partial charge < -0.3 is 4.74 Å². The van der Waals surface area contributed by atoms with E-state index in [0.717, 1.165) is 0 Å². The van der Waals surface area contributed by atoms with Crippen LogP contribution in [0.2, 0.25) is 0 Å². The van der Waals surface area contributed by atoms with Crippen molar-refractivity contribution in [1.29, 1.82) is 0 Å². The molecule has 0 saturated carbocycles. The molecular formula is C7H8O4. The third-order valence-electron chi connectivity index (χ3n) is 1.62. The molecule has 0 aliphatic carbocycles. The summed E-state index contributed by atoms with van der Waals surface area (Å²) in [4.78, 5) is 32.5. The SMILES string of the molecule is CC(=O)C1C(=O)OC(C)C1=O. The maximum Gasteiger partial charge on any atom is 0.324 e. The van der Waals surface area contributed by atoms with E-state index >= 15 is 0 Å². The number of rotatable bonds is 1. The van der Waals surface area contributed by atoms with Gasteiger partial charge in [0.1, 0.15) is 0 Å². The number of ether oxygens (including phenoxy) is 1. The predicted molar refractivity (Wildman–Crippen MR) is 34.7 cm³/mol. The Hall–Kier alpha value is -1.19. The van der Waals surface area contributed by atoms with Crippen molar-refractivity contribution in [1.82, 2.24) is 0 Å². The van der Waals surface area contributed by atoms with Gasteiger partial charge in [0.2, 0.25) is 0 Å². The average molecular weight is 156 g/mol. The molecule has 2 atom stereocenters. The summed E-state index contributed by atoms with van der Waals surface area (Å²) in [6.07, 6.45) is -0.753. The summed E-state index contributed by atoms with van der Waals surface area (Å²) in [6, 6.07) is 0. The second kappa shape index (κ2) is 2.45. The van der Waals surface area contributed by atoms with Gasteiger partial charge in [0.05, 0.1) is 0 Å². The lowest BCUT2D eigenvalue weighted by molar-refractivity contribution is -0.146. The molecule has 4 nitrogen and oxygen atoms in total. The molecule has 0 N–H and O–H groups in total. The van der Waals surface area contributed by atoms with Crippen LogP contribution in [-0.4, -0.2) is 23.6 Å². The Labute approximate surface area is 63.5 Å². The zero-order valence-corrected chi connectivity index (χ0v) is 6.29. The van der Waals surface area contributed by atoms with Crippen molar-refractivity contribution < 1.29 is 19.1 Å². The van der Waals surface area contributed by atoms with Crippen molar-refractivity contribution in [3.8, 4) is 0 Å². The van der Waals surface area contributed by atoms with Crippen LogP contribution < -0.4 is 0 Å². The summed E-state index contributed by atoms with van der Waals surface area (Å²) >= 11 is 0. The molecule has 11 heavy (non-hydrogen) atoms. The molecule has 4 heteroatoms. The molecule has 0 bridgehead atoms. The van der Waals surface area contributed by atoms with Crippen molar-refractivity contribution in [2.75, 3.05) is 0 Å². The first-order valence-electron chi connectivity index (χ1n) is 3.28. The van der Waals surface area contributed by atoms with E-state index in [-0.39, 0.29) is 0 Å². The van der Waals surface area contributed by atoms with E-state index in [4.69, 9.17) is 0 Å². The molecule has 2 unspecified atom stereocenters. The van der Waals surface area contributed by atoms with Crippen LogP contribution in [0.4, 0.5) is 0 Å². The summed E-state index contributed by atoms with van der Waals surface area (Å²) < 4.78 is 4.54. The quantitative estimate of drug-likeness (QED) is 0.386. The first-order valence-corrected chi connectivity index (χ1v) is 3.28. The van der Waals surface area contributed by atoms with Gasteiger partial charge in [-0.1, -0.05) is 0 Å². The van der Waals surface area contributed by atoms with Crippen molar-refractivity contribution in [2.45, 2.75) is 20.0 Å². The summed E-state index contributed by atoms with van der Waals surface area (Å²) in [5, 5.41) is 0. The molecule has 1 aliphatic rings. The maximum absolute atomic E-state index is 11.0. The molecule has 1 aliphatic heterocycles. The maximum atomic E-state index is 11.0. The van der Waals surface area contributed by atoms with Gasteiger partial charge in [0, 0.05) is 0 Å². The molecule has 0 aromatic heterocycles. The Morgan fingerprint density at radius 1 is 1.45 bits per heavy atom. The van der Waals surface area contributed by atoms with E-state index in [0.29, 0.717) is 0 Å². The van der Waals surface area contributed by atoms with Gasteiger partial charge in [-0.05, 0) is 13.8 Å². The fraction of sp³-hybridized carbons (Fsp3) is 0.571. The topological polar surface area (TPSA) is 60.4 Å². The number of carbonyl (C=O) groups is 3. The lowest BCUT2D eigenvalue weighted by Gasteiger charge is -1.95. The minimum Gasteiger partial charge on any atom is -0.454 e. The number of cyclic esters (lactones) is 1. The van der Waals surface area contributed by atoms with E-state index in [1.807, 2.05) is 0 Å². The van der Waals surface area contributed by atoms with Crippen LogP contribution in [0.5, 0.6) is 0 Å². The number of ketones is 2. The monoisotopic (exact) mass is 156 g/mol. The summed E-state index contributed by atoms with van der Waals surface area (Å²) in [7, 11) is 0. The number of hydrogen-bond acceptors (Lipinski definition) is 4. The van der Waals surface area contributed by atoms with Gasteiger partial charge in [-0.15, -0.1) is 0 Å². The standard InChI is InChI=1S/C7H8O4/c1-3(8)5-6(9)4(2)11-7(5)10/h4-5H,1-2H3. The minimum atomic E-state index is -1.16. The molecule has 1 heterocycles. The van der Waals surface area contributed by atoms with Crippen LogP contribution in [-0.2, 0) is 19.1 Å². The Morgan fingerprint density at radius 2 is 2.00 bits per heavy atom. The molecule has 0 aromatic rings. The number of esters is 1. The predicted octanol–water partition coefficient (Wildman–Crippen LogP) is -0.294. The van der Waals surface area contributed by atoms with Crippen LogP contribution in [0.1, 0.15) is 13.8 Å². The first-order chi connectivity index (χ1) is 5.04. The molecule has 60 valence electrons. The van der Waals surface area contributed by atoms with E-state index in [9.17, 15) is 14.4 Å². The number of hydrogen-bond donors (Lipinski definition) is 0. The van der Waals surface area contributed by atoms with Crippen molar-refractivity contribution in [2.24, 2.45) is 5.92 Å². The Bertz CT molecular complexity index is 231. The third kappa shape index (κ3) is 1.15. The molecule has 1 rings (SSSR count). The average Bonchev–Trinajstić information content (AvgIpc) is 2.07. The van der Waals surface area contributed by atoms with E-state index in [1.165, 1.54) is 13.8 Å². The highest BCUT2D eigenvalue weighted by atomic mass is 16.6. The number of Topliss-reactive ketones (excluding diaryl/α,β-unsaturated/α-hetero) is 2. The van der Waals surface area contributed by atoms with Gasteiger partial charge in [-0.25, -0.2) is 0 Å². The molecule has 0 spiro atoms. The molecule has 1 saturated heterocycles. The lowest BCUT2D eigenvalue weighted by Crippen LogP contribution is -2.24. The van der Waals surface area contributed by atoms with Crippen LogP contribution in [0.15, 0.2) is 0 Å². The van der Waals surface area contributed by atoms with Crippen LogP contribution >= 0.6 is 0 Å². The second-order valence-electron chi connectivity index (χ2n) is 2.53. The highest BCUT2D eigenvalue weighted by molar-refractivity contribution is 6.21. The second-order valence-corrected chi connectivity index (χ2v) is 2.53. The third-order valence-corrected chi connectivity index (χ3v) is 1.62. The minimum absolute atomic E-state index is 0.428. The summed E-state index contributed by atoms with van der Waals surface area (Å²) in [6.45, 7) is 2.67. The first kappa shape index (κ1) is 7.91. The molecule has 1 fully saturated rings. The van der Waals surface area contributed by atoms with Crippen LogP contribution in [0.3, 0.4) is 0 Å². The van der Waals surface area contributed by atoms with Crippen LogP contribution in [0, 0.1) is 5.92 Å². The smallest absolute Gasteiger partial charge is 0.324 e. The van der Waals surface area contributed by atoms with Crippen molar-refractivity contribution in [3.63, 3.8) is 0 Å². The van der Waals surface area contributed by atoms with Gasteiger partial charge in [-0.3, -0.25) is 14.4 Å². The molecule has 0 radical (unpaired) electrons. The Balaban J connectivity index is 2.88. The lowest BCUT2D eigenvalue weighted by atomic mass is 10.0. The van der Waals surface area contributed by atoms with E-state index in [2.05, 4.69) is 4.74 Å². The van der Waals surface area contributed by atoms with E-state index < -0.39 is 29.6 Å². The molecule has 0 aromatic carbocycles.